The largest absolute Gasteiger partial charge is 0.573 e. The molecule has 0 radical (unpaired) electrons. The molecule has 1 atom stereocenters. The number of hydrogen-bond donors (Lipinski definition) is 1. The number of alkyl halides is 3. The number of amides is 1. The normalized spacial score (nSPS) is 16.2. The molecule has 1 aliphatic heterocycles. The lowest BCUT2D eigenvalue weighted by molar-refractivity contribution is -0.274. The van der Waals surface area contributed by atoms with Crippen molar-refractivity contribution in [1.82, 2.24) is 15.5 Å². The predicted octanol–water partition coefficient (Wildman–Crippen LogP) is 5.23. The van der Waals surface area contributed by atoms with Gasteiger partial charge in [-0.25, -0.2) is 0 Å². The number of anilines is 1. The number of hydrogen-bond acceptors (Lipinski definition) is 5. The Kier molecular flexibility index (Phi) is 7.21. The van der Waals surface area contributed by atoms with E-state index in [1.54, 1.807) is 18.2 Å². The Morgan fingerprint density at radius 1 is 1.09 bits per heavy atom. The minimum absolute atomic E-state index is 0.0584. The summed E-state index contributed by atoms with van der Waals surface area (Å²) in [5, 5.41) is 12.0. The van der Waals surface area contributed by atoms with E-state index in [0.717, 1.165) is 18.5 Å². The Labute approximate surface area is 199 Å². The van der Waals surface area contributed by atoms with E-state index in [2.05, 4.69) is 20.3 Å². The van der Waals surface area contributed by atoms with E-state index in [0.29, 0.717) is 29.5 Å². The number of ether oxygens (including phenoxy) is 1. The van der Waals surface area contributed by atoms with Gasteiger partial charge in [0.2, 0.25) is 5.91 Å². The van der Waals surface area contributed by atoms with Crippen molar-refractivity contribution in [2.75, 3.05) is 18.0 Å². The highest BCUT2D eigenvalue weighted by Crippen LogP contribution is 2.27. The fourth-order valence-corrected chi connectivity index (χ4v) is 3.99. The second-order valence-corrected chi connectivity index (χ2v) is 8.38. The summed E-state index contributed by atoms with van der Waals surface area (Å²) in [6.45, 7) is 1.12. The van der Waals surface area contributed by atoms with Gasteiger partial charge in [-0.05, 0) is 43.2 Å². The highest BCUT2D eigenvalue weighted by atomic mass is 35.5. The van der Waals surface area contributed by atoms with Crippen LogP contribution in [0.25, 0.3) is 11.3 Å². The smallest absolute Gasteiger partial charge is 0.405 e. The van der Waals surface area contributed by atoms with Crippen LogP contribution in [0.1, 0.15) is 18.4 Å². The first-order valence-electron chi connectivity index (χ1n) is 10.7. The number of piperidine rings is 1. The second kappa shape index (κ2) is 10.3. The Morgan fingerprint density at radius 3 is 2.56 bits per heavy atom. The van der Waals surface area contributed by atoms with E-state index in [-0.39, 0.29) is 29.7 Å². The maximum Gasteiger partial charge on any atom is 0.573 e. The maximum atomic E-state index is 12.8. The fraction of sp³-hybridized carbons (Fsp3) is 0.292. The average Bonchev–Trinajstić information content (AvgIpc) is 2.83. The summed E-state index contributed by atoms with van der Waals surface area (Å²) in [7, 11) is 0. The van der Waals surface area contributed by atoms with Gasteiger partial charge in [0.1, 0.15) is 5.75 Å². The van der Waals surface area contributed by atoms with Gasteiger partial charge in [-0.15, -0.1) is 23.4 Å². The zero-order chi connectivity index (χ0) is 24.1. The van der Waals surface area contributed by atoms with Crippen molar-refractivity contribution in [1.29, 1.82) is 0 Å². The number of rotatable bonds is 6. The lowest BCUT2D eigenvalue weighted by Gasteiger charge is -2.32. The fourth-order valence-electron chi connectivity index (χ4n) is 3.87. The molecule has 34 heavy (non-hydrogen) atoms. The van der Waals surface area contributed by atoms with Crippen molar-refractivity contribution in [2.24, 2.45) is 5.92 Å². The molecule has 0 bridgehead atoms. The molecule has 2 heterocycles. The van der Waals surface area contributed by atoms with Crippen molar-refractivity contribution >= 4 is 23.3 Å². The molecule has 1 aliphatic rings. The van der Waals surface area contributed by atoms with Crippen LogP contribution in [-0.4, -0.2) is 35.6 Å². The molecule has 0 aliphatic carbocycles. The molecule has 6 nitrogen and oxygen atoms in total. The third-order valence-electron chi connectivity index (χ3n) is 5.56. The van der Waals surface area contributed by atoms with Crippen LogP contribution in [0.3, 0.4) is 0 Å². The van der Waals surface area contributed by atoms with E-state index in [4.69, 9.17) is 11.6 Å². The molecule has 1 saturated heterocycles. The Balaban J connectivity index is 1.37. The first kappa shape index (κ1) is 23.8. The first-order valence-corrected chi connectivity index (χ1v) is 11.1. The van der Waals surface area contributed by atoms with E-state index in [1.165, 1.54) is 18.2 Å². The number of carbonyl (C=O) groups excluding carboxylic acids is 1. The molecule has 0 spiro atoms. The third-order valence-corrected chi connectivity index (χ3v) is 5.81. The molecule has 178 valence electrons. The number of benzene rings is 2. The molecule has 1 amide bonds. The summed E-state index contributed by atoms with van der Waals surface area (Å²) in [5.74, 6) is -0.199. The number of para-hydroxylation sites is 1. The first-order chi connectivity index (χ1) is 16.3. The lowest BCUT2D eigenvalue weighted by atomic mass is 9.97. The molecule has 4 rings (SSSR count). The van der Waals surface area contributed by atoms with Crippen LogP contribution < -0.4 is 15.0 Å². The van der Waals surface area contributed by atoms with Gasteiger partial charge in [0, 0.05) is 35.8 Å². The molecule has 1 aromatic heterocycles. The zero-order valence-electron chi connectivity index (χ0n) is 18.1. The van der Waals surface area contributed by atoms with Crippen molar-refractivity contribution < 1.29 is 22.7 Å². The van der Waals surface area contributed by atoms with Gasteiger partial charge in [0.15, 0.2) is 5.82 Å². The summed E-state index contributed by atoms with van der Waals surface area (Å²) in [6.07, 6.45) is -3.33. The average molecular weight is 491 g/mol. The molecule has 0 saturated carbocycles. The topological polar surface area (TPSA) is 67.3 Å². The van der Waals surface area contributed by atoms with Crippen molar-refractivity contribution in [3.8, 4) is 17.0 Å². The summed E-state index contributed by atoms with van der Waals surface area (Å²) >= 11 is 5.93. The monoisotopic (exact) mass is 490 g/mol. The molecule has 1 fully saturated rings. The van der Waals surface area contributed by atoms with Crippen LogP contribution in [0.15, 0.2) is 60.7 Å². The number of halogens is 4. The van der Waals surface area contributed by atoms with Gasteiger partial charge in [0.05, 0.1) is 11.6 Å². The molecular weight excluding hydrogens is 469 g/mol. The SMILES string of the molecule is O=C(NCc1ccccc1OC(F)(F)F)C1CCCN(c2ccc(-c3ccc(Cl)cc3)nn2)C1. The predicted molar refractivity (Wildman–Crippen MR) is 122 cm³/mol. The summed E-state index contributed by atoms with van der Waals surface area (Å²) < 4.78 is 41.9. The molecular formula is C24H22ClF3N4O2. The third kappa shape index (κ3) is 6.17. The van der Waals surface area contributed by atoms with Gasteiger partial charge in [0.25, 0.3) is 0 Å². The van der Waals surface area contributed by atoms with Gasteiger partial charge >= 0.3 is 6.36 Å². The number of carbonyl (C=O) groups is 1. The lowest BCUT2D eigenvalue weighted by Crippen LogP contribution is -2.43. The van der Waals surface area contributed by atoms with Crippen LogP contribution in [0.4, 0.5) is 19.0 Å². The Bertz CT molecular complexity index is 1120. The van der Waals surface area contributed by atoms with Crippen LogP contribution >= 0.6 is 11.6 Å². The van der Waals surface area contributed by atoms with Crippen molar-refractivity contribution in [3.63, 3.8) is 0 Å². The van der Waals surface area contributed by atoms with E-state index < -0.39 is 6.36 Å². The van der Waals surface area contributed by atoms with Gasteiger partial charge < -0.3 is 15.0 Å². The van der Waals surface area contributed by atoms with Crippen LogP contribution in [0, 0.1) is 5.92 Å². The maximum absolute atomic E-state index is 12.8. The summed E-state index contributed by atoms with van der Waals surface area (Å²) in [6, 6.07) is 16.8. The second-order valence-electron chi connectivity index (χ2n) is 7.94. The van der Waals surface area contributed by atoms with Crippen molar-refractivity contribution in [2.45, 2.75) is 25.7 Å². The van der Waals surface area contributed by atoms with Crippen molar-refractivity contribution in [3.05, 3.63) is 71.2 Å². The van der Waals surface area contributed by atoms with E-state index in [1.807, 2.05) is 29.2 Å². The molecule has 3 aromatic rings. The van der Waals surface area contributed by atoms with Crippen LogP contribution in [0.5, 0.6) is 5.75 Å². The Morgan fingerprint density at radius 2 is 1.85 bits per heavy atom. The molecule has 1 N–H and O–H groups in total. The number of aromatic nitrogens is 2. The van der Waals surface area contributed by atoms with Gasteiger partial charge in [-0.1, -0.05) is 41.9 Å². The molecule has 2 aromatic carbocycles. The van der Waals surface area contributed by atoms with E-state index in [9.17, 15) is 18.0 Å². The Hall–Kier alpha value is -3.33. The van der Waals surface area contributed by atoms with Crippen LogP contribution in [-0.2, 0) is 11.3 Å². The highest BCUT2D eigenvalue weighted by Gasteiger charge is 2.32. The van der Waals surface area contributed by atoms with Gasteiger partial charge in [-0.3, -0.25) is 4.79 Å². The minimum atomic E-state index is -4.80. The highest BCUT2D eigenvalue weighted by molar-refractivity contribution is 6.30. The zero-order valence-corrected chi connectivity index (χ0v) is 18.8. The minimum Gasteiger partial charge on any atom is -0.405 e. The van der Waals surface area contributed by atoms with Gasteiger partial charge in [-0.2, -0.15) is 0 Å². The van der Waals surface area contributed by atoms with E-state index >= 15 is 0 Å². The summed E-state index contributed by atoms with van der Waals surface area (Å²) in [5.41, 5.74) is 1.87. The van der Waals surface area contributed by atoms with Crippen LogP contribution in [0.2, 0.25) is 5.02 Å². The molecule has 10 heteroatoms. The number of nitrogens with zero attached hydrogens (tertiary/aromatic N) is 3. The molecule has 1 unspecified atom stereocenters. The summed E-state index contributed by atoms with van der Waals surface area (Å²) in [4.78, 5) is 14.8. The standard InChI is InChI=1S/C24H22ClF3N4O2/c25-19-9-7-16(8-10-19)20-11-12-22(31-30-20)32-13-3-5-18(15-32)23(33)29-14-17-4-1-2-6-21(17)34-24(26,27)28/h1-2,4,6-12,18H,3,5,13-15H2,(H,29,33). The quantitative estimate of drug-likeness (QED) is 0.512. The number of nitrogens with one attached hydrogen (secondary N) is 1.